The third-order valence-corrected chi connectivity index (χ3v) is 4.84. The van der Waals surface area contributed by atoms with E-state index in [-0.39, 0.29) is 38.8 Å². The summed E-state index contributed by atoms with van der Waals surface area (Å²) in [5.41, 5.74) is 0. The van der Waals surface area contributed by atoms with Gasteiger partial charge in [0.05, 0.1) is 12.2 Å². The Bertz CT molecular complexity index is 723. The number of carbonyl (C=O) groups is 5. The molecule has 6 N–H and O–H groups in total. The Morgan fingerprint density at radius 1 is 1.03 bits per heavy atom. The molecular formula is C19H29N3O10. The second-order valence-corrected chi connectivity index (χ2v) is 7.32. The van der Waals surface area contributed by atoms with E-state index in [0.29, 0.717) is 0 Å². The summed E-state index contributed by atoms with van der Waals surface area (Å²) in [6.07, 6.45) is -3.38. The molecule has 4 amide bonds. The molecule has 1 aliphatic heterocycles. The van der Waals surface area contributed by atoms with Crippen molar-refractivity contribution in [2.45, 2.75) is 50.0 Å². The number of carboxylic acids is 1. The molecule has 0 unspecified atom stereocenters. The molecule has 0 saturated carbocycles. The second-order valence-electron chi connectivity index (χ2n) is 7.32. The minimum atomic E-state index is -1.59. The van der Waals surface area contributed by atoms with E-state index in [1.54, 1.807) is 0 Å². The van der Waals surface area contributed by atoms with E-state index >= 15 is 0 Å². The molecule has 0 aromatic rings. The fourth-order valence-corrected chi connectivity index (χ4v) is 2.90. The van der Waals surface area contributed by atoms with Crippen LogP contribution in [0.3, 0.4) is 0 Å². The van der Waals surface area contributed by atoms with Crippen LogP contribution in [0, 0.1) is 0 Å². The molecule has 0 aromatic heterocycles. The van der Waals surface area contributed by atoms with Gasteiger partial charge in [0.1, 0.15) is 12.1 Å². The van der Waals surface area contributed by atoms with Gasteiger partial charge in [0.2, 0.25) is 11.8 Å². The summed E-state index contributed by atoms with van der Waals surface area (Å²) < 4.78 is 0. The minimum Gasteiger partial charge on any atom is -0.480 e. The number of imide groups is 1. The van der Waals surface area contributed by atoms with Gasteiger partial charge < -0.3 is 35.7 Å². The van der Waals surface area contributed by atoms with Crippen molar-refractivity contribution in [3.05, 3.63) is 12.2 Å². The highest BCUT2D eigenvalue weighted by molar-refractivity contribution is 6.13. The van der Waals surface area contributed by atoms with E-state index < -0.39 is 60.6 Å². The van der Waals surface area contributed by atoms with Crippen molar-refractivity contribution < 1.29 is 49.5 Å². The number of carboxylic acid groups (broad SMARTS) is 1. The number of nitrogens with zero attached hydrogens (tertiary/aromatic N) is 2. The zero-order valence-electron chi connectivity index (χ0n) is 17.6. The monoisotopic (exact) mass is 459 g/mol. The summed E-state index contributed by atoms with van der Waals surface area (Å²) in [5, 5.41) is 49.5. The highest BCUT2D eigenvalue weighted by Crippen LogP contribution is 2.08. The first kappa shape index (κ1) is 27.2. The van der Waals surface area contributed by atoms with Crippen LogP contribution in [0.1, 0.15) is 25.7 Å². The summed E-state index contributed by atoms with van der Waals surface area (Å²) >= 11 is 0. The molecule has 4 atom stereocenters. The smallest absolute Gasteiger partial charge is 0.326 e. The molecular weight excluding hydrogens is 430 g/mol. The molecule has 1 rings (SSSR count). The lowest BCUT2D eigenvalue weighted by atomic mass is 10.0. The van der Waals surface area contributed by atoms with Gasteiger partial charge in [-0.05, 0) is 12.8 Å². The van der Waals surface area contributed by atoms with Crippen LogP contribution in [0.15, 0.2) is 12.2 Å². The third kappa shape index (κ3) is 8.34. The molecule has 180 valence electrons. The Hall–Kier alpha value is -2.87. The minimum absolute atomic E-state index is 0.160. The second kappa shape index (κ2) is 12.9. The van der Waals surface area contributed by atoms with Crippen molar-refractivity contribution in [3.63, 3.8) is 0 Å². The Balaban J connectivity index is 2.48. The van der Waals surface area contributed by atoms with Crippen molar-refractivity contribution in [3.8, 4) is 0 Å². The maximum Gasteiger partial charge on any atom is 0.326 e. The Kier molecular flexibility index (Phi) is 10.9. The fraction of sp³-hybridized carbons (Fsp3) is 0.632. The number of likely N-dealkylation sites (N-methyl/N-ethyl adjacent to an activating group) is 1. The number of rotatable bonds is 14. The number of hydrogen-bond donors (Lipinski definition) is 6. The van der Waals surface area contributed by atoms with E-state index in [1.165, 1.54) is 7.05 Å². The quantitative estimate of drug-likeness (QED) is 0.142. The SMILES string of the molecule is CN(C[C@H](O)[C@@H](O)[C@H](O)CCO)C(=O)CC[C@H](NC(=O)CCN1C(=O)C=CC1=O)C(=O)O. The molecule has 13 nitrogen and oxygen atoms in total. The first-order valence-corrected chi connectivity index (χ1v) is 9.92. The van der Waals surface area contributed by atoms with Crippen molar-refractivity contribution in [2.75, 3.05) is 26.7 Å². The standard InChI is InChI=1S/C19H29N3O10/c1-21(10-13(25)18(30)12(24)7-9-23)15(27)3-2-11(19(31)32)20-14(26)6-8-22-16(28)4-5-17(22)29/h4-5,11-13,18,23-25,30H,2-3,6-10H2,1H3,(H,20,26)(H,31,32)/t11-,12+,13-,18-/m0/s1. The first-order chi connectivity index (χ1) is 15.0. The number of nitrogens with one attached hydrogen (secondary N) is 1. The van der Waals surface area contributed by atoms with Crippen molar-refractivity contribution in [1.82, 2.24) is 15.1 Å². The van der Waals surface area contributed by atoms with Crippen LogP contribution in [-0.4, -0.2) is 116 Å². The molecule has 0 fully saturated rings. The topological polar surface area (TPSA) is 205 Å². The molecule has 1 aliphatic rings. The van der Waals surface area contributed by atoms with Gasteiger partial charge in [-0.1, -0.05) is 0 Å². The van der Waals surface area contributed by atoms with Crippen LogP contribution >= 0.6 is 0 Å². The van der Waals surface area contributed by atoms with Crippen LogP contribution in [0.4, 0.5) is 0 Å². The van der Waals surface area contributed by atoms with Crippen LogP contribution in [0.2, 0.25) is 0 Å². The first-order valence-electron chi connectivity index (χ1n) is 9.92. The zero-order chi connectivity index (χ0) is 24.4. The van der Waals surface area contributed by atoms with Crippen molar-refractivity contribution in [1.29, 1.82) is 0 Å². The lowest BCUT2D eigenvalue weighted by Gasteiger charge is -2.27. The lowest BCUT2D eigenvalue weighted by molar-refractivity contribution is -0.143. The summed E-state index contributed by atoms with van der Waals surface area (Å²) in [7, 11) is 1.31. The largest absolute Gasteiger partial charge is 0.480 e. The van der Waals surface area contributed by atoms with Gasteiger partial charge >= 0.3 is 5.97 Å². The number of aliphatic carboxylic acids is 1. The van der Waals surface area contributed by atoms with Crippen LogP contribution < -0.4 is 5.32 Å². The molecule has 0 bridgehead atoms. The molecule has 0 aromatic carbocycles. The van der Waals surface area contributed by atoms with Gasteiger partial charge in [-0.25, -0.2) is 4.79 Å². The number of aliphatic hydroxyl groups excluding tert-OH is 4. The van der Waals surface area contributed by atoms with Gasteiger partial charge in [0.15, 0.2) is 0 Å². The van der Waals surface area contributed by atoms with Crippen LogP contribution in [0.5, 0.6) is 0 Å². The number of carbonyl (C=O) groups excluding carboxylic acids is 4. The third-order valence-electron chi connectivity index (χ3n) is 4.84. The van der Waals surface area contributed by atoms with Crippen molar-refractivity contribution in [2.24, 2.45) is 0 Å². The fourth-order valence-electron chi connectivity index (χ4n) is 2.90. The maximum atomic E-state index is 12.2. The predicted octanol–water partition coefficient (Wildman–Crippen LogP) is -3.43. The number of hydrogen-bond acceptors (Lipinski definition) is 9. The average Bonchev–Trinajstić information content (AvgIpc) is 3.05. The van der Waals surface area contributed by atoms with Crippen LogP contribution in [-0.2, 0) is 24.0 Å². The Morgan fingerprint density at radius 2 is 1.62 bits per heavy atom. The summed E-state index contributed by atoms with van der Waals surface area (Å²) in [6, 6.07) is -1.40. The van der Waals surface area contributed by atoms with Gasteiger partial charge in [0, 0.05) is 51.7 Å². The molecule has 32 heavy (non-hydrogen) atoms. The van der Waals surface area contributed by atoms with Gasteiger partial charge in [-0.15, -0.1) is 0 Å². The zero-order valence-corrected chi connectivity index (χ0v) is 17.6. The maximum absolute atomic E-state index is 12.2. The lowest BCUT2D eigenvalue weighted by Crippen LogP contribution is -2.46. The molecule has 0 radical (unpaired) electrons. The van der Waals surface area contributed by atoms with Gasteiger partial charge in [-0.2, -0.15) is 0 Å². The van der Waals surface area contributed by atoms with E-state index in [4.69, 9.17) is 5.11 Å². The predicted molar refractivity (Wildman–Crippen MR) is 107 cm³/mol. The number of aliphatic hydroxyl groups is 4. The summed E-state index contributed by atoms with van der Waals surface area (Å²) in [6.45, 7) is -0.963. The van der Waals surface area contributed by atoms with Gasteiger partial charge in [-0.3, -0.25) is 24.1 Å². The van der Waals surface area contributed by atoms with Crippen molar-refractivity contribution >= 4 is 29.6 Å². The normalized spacial score (nSPS) is 17.1. The molecule has 0 saturated heterocycles. The van der Waals surface area contributed by atoms with E-state index in [9.17, 15) is 44.4 Å². The Morgan fingerprint density at radius 3 is 2.16 bits per heavy atom. The van der Waals surface area contributed by atoms with Crippen LogP contribution in [0.25, 0.3) is 0 Å². The highest BCUT2D eigenvalue weighted by Gasteiger charge is 2.28. The highest BCUT2D eigenvalue weighted by atomic mass is 16.4. The van der Waals surface area contributed by atoms with E-state index in [1.807, 2.05) is 0 Å². The Labute approximate surface area is 183 Å². The van der Waals surface area contributed by atoms with Gasteiger partial charge in [0.25, 0.3) is 11.8 Å². The summed E-state index contributed by atoms with van der Waals surface area (Å²) in [5.74, 6) is -3.81. The number of amides is 4. The van der Waals surface area contributed by atoms with E-state index in [2.05, 4.69) is 5.32 Å². The molecule has 0 aliphatic carbocycles. The average molecular weight is 459 g/mol. The molecule has 0 spiro atoms. The molecule has 1 heterocycles. The molecule has 13 heteroatoms. The van der Waals surface area contributed by atoms with E-state index in [0.717, 1.165) is 22.0 Å². The summed E-state index contributed by atoms with van der Waals surface area (Å²) in [4.78, 5) is 60.4.